The molecule has 1 saturated heterocycles. The van der Waals surface area contributed by atoms with Gasteiger partial charge in [-0.05, 0) is 6.42 Å². The van der Waals surface area contributed by atoms with Crippen molar-refractivity contribution >= 4 is 27.6 Å². The van der Waals surface area contributed by atoms with Crippen molar-refractivity contribution in [1.82, 2.24) is 0 Å². The third kappa shape index (κ3) is 3.02. The molecule has 1 atom stereocenters. The van der Waals surface area contributed by atoms with Crippen LogP contribution >= 0.6 is 11.8 Å². The van der Waals surface area contributed by atoms with Gasteiger partial charge in [-0.2, -0.15) is 11.8 Å². The fraction of sp³-hybridized carbons (Fsp3) is 0.833. The summed E-state index contributed by atoms with van der Waals surface area (Å²) in [5.41, 5.74) is 0. The predicted octanol–water partition coefficient (Wildman–Crippen LogP) is -1.34. The first-order valence-electron chi connectivity index (χ1n) is 3.51. The van der Waals surface area contributed by atoms with Gasteiger partial charge in [0.15, 0.2) is 9.84 Å². The number of thioether (sulfide) groups is 1. The normalized spacial score (nSPS) is 27.2. The monoisotopic (exact) mass is 209 g/mol. The predicted molar refractivity (Wildman–Crippen MR) is 44.5 cm³/mol. The van der Waals surface area contributed by atoms with Gasteiger partial charge >= 0.3 is 0 Å². The van der Waals surface area contributed by atoms with E-state index >= 15 is 0 Å². The molecule has 0 aliphatic carbocycles. The third-order valence-electron chi connectivity index (χ3n) is 1.63. The van der Waals surface area contributed by atoms with E-state index in [2.05, 4.69) is 0 Å². The van der Waals surface area contributed by atoms with Crippen LogP contribution < -0.4 is 5.11 Å². The summed E-state index contributed by atoms with van der Waals surface area (Å²) in [5, 5.41) is 9.99. The number of sulfone groups is 1. The molecule has 0 bridgehead atoms. The van der Waals surface area contributed by atoms with E-state index in [4.69, 9.17) is 0 Å². The van der Waals surface area contributed by atoms with Crippen LogP contribution in [0, 0.1) is 0 Å². The van der Waals surface area contributed by atoms with Gasteiger partial charge in [0.25, 0.3) is 0 Å². The highest BCUT2D eigenvalue weighted by Gasteiger charge is 2.27. The summed E-state index contributed by atoms with van der Waals surface area (Å²) in [4.78, 5) is 10.0. The zero-order valence-corrected chi connectivity index (χ0v) is 7.99. The first-order chi connectivity index (χ1) is 5.49. The van der Waals surface area contributed by atoms with Crippen LogP contribution in [0.2, 0.25) is 0 Å². The fourth-order valence-electron chi connectivity index (χ4n) is 1.08. The van der Waals surface area contributed by atoms with Crippen molar-refractivity contribution in [3.05, 3.63) is 0 Å². The number of carboxylic acid groups (broad SMARTS) is 1. The number of carboxylic acids is 1. The molecule has 0 amide bonds. The van der Waals surface area contributed by atoms with Crippen molar-refractivity contribution in [2.45, 2.75) is 11.7 Å². The van der Waals surface area contributed by atoms with E-state index < -0.39 is 15.8 Å². The molecule has 0 saturated carbocycles. The van der Waals surface area contributed by atoms with Crippen LogP contribution in [-0.2, 0) is 14.6 Å². The minimum Gasteiger partial charge on any atom is -0.549 e. The highest BCUT2D eigenvalue weighted by molar-refractivity contribution is 8.02. The summed E-state index contributed by atoms with van der Waals surface area (Å²) in [6.45, 7) is 0. The number of hydrogen-bond acceptors (Lipinski definition) is 5. The Kier molecular flexibility index (Phi) is 3.00. The zero-order chi connectivity index (χ0) is 9.19. The Morgan fingerprint density at radius 3 is 2.67 bits per heavy atom. The summed E-state index contributed by atoms with van der Waals surface area (Å²) < 4.78 is 21.8. The maximum Gasteiger partial charge on any atom is 0.151 e. The van der Waals surface area contributed by atoms with Gasteiger partial charge < -0.3 is 9.90 Å². The van der Waals surface area contributed by atoms with Crippen LogP contribution in [-0.4, -0.2) is 36.9 Å². The highest BCUT2D eigenvalue weighted by Crippen LogP contribution is 2.23. The van der Waals surface area contributed by atoms with Crippen LogP contribution in [0.15, 0.2) is 0 Å². The molecule has 0 radical (unpaired) electrons. The van der Waals surface area contributed by atoms with Gasteiger partial charge in [-0.15, -0.1) is 0 Å². The minimum atomic E-state index is -2.88. The molecule has 1 heterocycles. The Labute approximate surface area is 75.3 Å². The van der Waals surface area contributed by atoms with Gasteiger partial charge in [-0.3, -0.25) is 0 Å². The molecule has 0 aromatic rings. The lowest BCUT2D eigenvalue weighted by molar-refractivity contribution is -0.301. The summed E-state index contributed by atoms with van der Waals surface area (Å²) in [6, 6.07) is 0. The van der Waals surface area contributed by atoms with E-state index in [-0.39, 0.29) is 22.5 Å². The van der Waals surface area contributed by atoms with Crippen molar-refractivity contribution in [3.8, 4) is 0 Å². The topological polar surface area (TPSA) is 74.3 Å². The van der Waals surface area contributed by atoms with E-state index in [1.807, 2.05) is 0 Å². The van der Waals surface area contributed by atoms with E-state index in [1.165, 1.54) is 0 Å². The smallest absolute Gasteiger partial charge is 0.151 e. The van der Waals surface area contributed by atoms with Gasteiger partial charge in [-0.1, -0.05) is 0 Å². The van der Waals surface area contributed by atoms with Gasteiger partial charge in [0, 0.05) is 11.0 Å². The standard InChI is InChI=1S/C6H10O4S2/c7-6(8)3-11-5-1-2-12(9,10)4-5/h5H,1-4H2,(H,7,8)/p-1/t5-/m0/s1. The number of carbonyl (C=O) groups excluding carboxylic acids is 1. The molecule has 1 fully saturated rings. The molecule has 0 aromatic heterocycles. The van der Waals surface area contributed by atoms with Crippen molar-refractivity contribution in [2.75, 3.05) is 17.3 Å². The first kappa shape index (κ1) is 9.85. The molecule has 0 unspecified atom stereocenters. The van der Waals surface area contributed by atoms with Crippen molar-refractivity contribution in [2.24, 2.45) is 0 Å². The molecule has 4 nitrogen and oxygen atoms in total. The summed E-state index contributed by atoms with van der Waals surface area (Å²) in [7, 11) is -2.88. The summed E-state index contributed by atoms with van der Waals surface area (Å²) in [6.07, 6.45) is 0.570. The Balaban J connectivity index is 2.34. The molecule has 70 valence electrons. The quantitative estimate of drug-likeness (QED) is 0.575. The van der Waals surface area contributed by atoms with Gasteiger partial charge in [0.2, 0.25) is 0 Å². The summed E-state index contributed by atoms with van der Waals surface area (Å²) >= 11 is 1.15. The molecular weight excluding hydrogens is 200 g/mol. The lowest BCUT2D eigenvalue weighted by Gasteiger charge is -2.06. The van der Waals surface area contributed by atoms with Crippen LogP contribution in [0.25, 0.3) is 0 Å². The molecule has 12 heavy (non-hydrogen) atoms. The molecule has 0 aromatic carbocycles. The molecule has 1 rings (SSSR count). The number of aliphatic carboxylic acids is 1. The molecule has 0 N–H and O–H groups in total. The third-order valence-corrected chi connectivity index (χ3v) is 4.88. The molecule has 1 aliphatic rings. The van der Waals surface area contributed by atoms with Crippen molar-refractivity contribution in [1.29, 1.82) is 0 Å². The highest BCUT2D eigenvalue weighted by atomic mass is 32.2. The number of rotatable bonds is 3. The summed E-state index contributed by atoms with van der Waals surface area (Å²) in [5.74, 6) is -0.938. The second-order valence-corrected chi connectivity index (χ2v) is 6.23. The Morgan fingerprint density at radius 2 is 2.25 bits per heavy atom. The van der Waals surface area contributed by atoms with E-state index in [9.17, 15) is 18.3 Å². The van der Waals surface area contributed by atoms with Crippen LogP contribution in [0.5, 0.6) is 0 Å². The maximum absolute atomic E-state index is 10.9. The number of carbonyl (C=O) groups is 1. The zero-order valence-electron chi connectivity index (χ0n) is 6.36. The fourth-order valence-corrected chi connectivity index (χ4v) is 4.43. The largest absolute Gasteiger partial charge is 0.549 e. The first-order valence-corrected chi connectivity index (χ1v) is 6.38. The second-order valence-electron chi connectivity index (χ2n) is 2.71. The van der Waals surface area contributed by atoms with Gasteiger partial charge in [0.1, 0.15) is 0 Å². The molecule has 0 spiro atoms. The van der Waals surface area contributed by atoms with E-state index in [0.717, 1.165) is 11.8 Å². The van der Waals surface area contributed by atoms with Crippen LogP contribution in [0.4, 0.5) is 0 Å². The average Bonchev–Trinajstić information content (AvgIpc) is 2.26. The Morgan fingerprint density at radius 1 is 1.58 bits per heavy atom. The lowest BCUT2D eigenvalue weighted by Crippen LogP contribution is -2.25. The van der Waals surface area contributed by atoms with Crippen molar-refractivity contribution in [3.63, 3.8) is 0 Å². The molecular formula is C6H9O4S2-. The molecule has 1 aliphatic heterocycles. The minimum absolute atomic E-state index is 0.0482. The van der Waals surface area contributed by atoms with E-state index in [1.54, 1.807) is 0 Å². The second kappa shape index (κ2) is 3.66. The van der Waals surface area contributed by atoms with Gasteiger partial charge in [-0.25, -0.2) is 8.42 Å². The molecule has 6 heteroatoms. The van der Waals surface area contributed by atoms with Crippen LogP contribution in [0.3, 0.4) is 0 Å². The number of hydrogen-bond donors (Lipinski definition) is 0. The Hall–Kier alpha value is -0.230. The maximum atomic E-state index is 10.9. The lowest BCUT2D eigenvalue weighted by atomic mass is 10.4. The SMILES string of the molecule is O=C([O-])CS[C@H]1CCS(=O)(=O)C1. The van der Waals surface area contributed by atoms with E-state index in [0.29, 0.717) is 6.42 Å². The average molecular weight is 209 g/mol. The van der Waals surface area contributed by atoms with Crippen LogP contribution in [0.1, 0.15) is 6.42 Å². The van der Waals surface area contributed by atoms with Gasteiger partial charge in [0.05, 0.1) is 17.5 Å². The Bertz CT molecular complexity index is 269. The van der Waals surface area contributed by atoms with Crippen molar-refractivity contribution < 1.29 is 18.3 Å².